The van der Waals surface area contributed by atoms with Crippen LogP contribution in [0.25, 0.3) is 11.0 Å². The fourth-order valence-corrected chi connectivity index (χ4v) is 2.38. The topological polar surface area (TPSA) is 61.2 Å². The summed E-state index contributed by atoms with van der Waals surface area (Å²) >= 11 is 0. The molecular weight excluding hydrogens is 268 g/mol. The number of hydrogen-bond donors (Lipinski definition) is 0. The van der Waals surface area contributed by atoms with Crippen molar-refractivity contribution in [3.63, 3.8) is 0 Å². The van der Waals surface area contributed by atoms with Crippen LogP contribution in [0.2, 0.25) is 0 Å². The lowest BCUT2D eigenvalue weighted by Gasteiger charge is -2.05. The van der Waals surface area contributed by atoms with Crippen LogP contribution in [0.1, 0.15) is 53.2 Å². The second kappa shape index (κ2) is 6.08. The first-order chi connectivity index (χ1) is 9.99. The van der Waals surface area contributed by atoms with Crippen LogP contribution >= 0.6 is 0 Å². The van der Waals surface area contributed by atoms with Crippen molar-refractivity contribution in [3.05, 3.63) is 29.1 Å². The zero-order valence-electron chi connectivity index (χ0n) is 12.9. The Kier molecular flexibility index (Phi) is 4.40. The summed E-state index contributed by atoms with van der Waals surface area (Å²) in [6, 6.07) is 3.67. The van der Waals surface area contributed by atoms with Crippen molar-refractivity contribution >= 4 is 22.8 Å². The normalized spacial score (nSPS) is 10.9. The average molecular weight is 288 g/mol. The smallest absolute Gasteiger partial charge is 0.374 e. The summed E-state index contributed by atoms with van der Waals surface area (Å²) in [4.78, 5) is 28.3. The number of imidazole rings is 1. The number of ether oxygens (including phenoxy) is 1. The van der Waals surface area contributed by atoms with E-state index in [0.29, 0.717) is 24.1 Å². The number of nitrogens with zero attached hydrogens (tertiary/aromatic N) is 2. The molecule has 0 saturated heterocycles. The summed E-state index contributed by atoms with van der Waals surface area (Å²) in [7, 11) is 1.77. The summed E-state index contributed by atoms with van der Waals surface area (Å²) < 4.78 is 6.70. The number of aromatic nitrogens is 2. The monoisotopic (exact) mass is 288 g/mol. The molecule has 112 valence electrons. The van der Waals surface area contributed by atoms with Gasteiger partial charge in [0.25, 0.3) is 0 Å². The Hall–Kier alpha value is -2.17. The SMILES string of the molecule is CCCC(=O)c1cc2nc(C(=O)OCC)n(C)c2cc1C. The Balaban J connectivity index is 2.54. The molecule has 0 amide bonds. The van der Waals surface area contributed by atoms with Crippen molar-refractivity contribution in [2.45, 2.75) is 33.6 Å². The number of carbonyl (C=O) groups excluding carboxylic acids is 2. The minimum Gasteiger partial charge on any atom is -0.460 e. The molecule has 0 N–H and O–H groups in total. The summed E-state index contributed by atoms with van der Waals surface area (Å²) in [5.74, 6) is -0.0816. The van der Waals surface area contributed by atoms with Gasteiger partial charge in [0, 0.05) is 19.0 Å². The lowest BCUT2D eigenvalue weighted by atomic mass is 10.0. The van der Waals surface area contributed by atoms with E-state index >= 15 is 0 Å². The summed E-state index contributed by atoms with van der Waals surface area (Å²) in [6.45, 7) is 5.94. The molecule has 0 aliphatic carbocycles. The molecule has 0 unspecified atom stereocenters. The van der Waals surface area contributed by atoms with Crippen molar-refractivity contribution in [3.8, 4) is 0 Å². The fourth-order valence-electron chi connectivity index (χ4n) is 2.38. The molecule has 0 spiro atoms. The number of ketones is 1. The number of hydrogen-bond acceptors (Lipinski definition) is 4. The van der Waals surface area contributed by atoms with E-state index in [1.807, 2.05) is 19.9 Å². The molecule has 1 aromatic carbocycles. The Morgan fingerprint density at radius 3 is 2.62 bits per heavy atom. The van der Waals surface area contributed by atoms with Crippen LogP contribution in [0, 0.1) is 6.92 Å². The molecule has 2 rings (SSSR count). The highest BCUT2D eigenvalue weighted by Gasteiger charge is 2.18. The molecule has 21 heavy (non-hydrogen) atoms. The predicted octanol–water partition coefficient (Wildman–Crippen LogP) is 3.04. The Morgan fingerprint density at radius 1 is 1.29 bits per heavy atom. The Labute approximate surface area is 123 Å². The number of carbonyl (C=O) groups is 2. The van der Waals surface area contributed by atoms with Crippen molar-refractivity contribution in [2.24, 2.45) is 7.05 Å². The van der Waals surface area contributed by atoms with Crippen molar-refractivity contribution in [1.82, 2.24) is 9.55 Å². The number of benzene rings is 1. The third-order valence-corrected chi connectivity index (χ3v) is 3.46. The first kappa shape index (κ1) is 15.2. The Morgan fingerprint density at radius 2 is 2.00 bits per heavy atom. The van der Waals surface area contributed by atoms with Crippen LogP contribution in [0.5, 0.6) is 0 Å². The molecular formula is C16H20N2O3. The quantitative estimate of drug-likeness (QED) is 0.626. The van der Waals surface area contributed by atoms with Gasteiger partial charge in [0.15, 0.2) is 5.78 Å². The first-order valence-corrected chi connectivity index (χ1v) is 7.17. The maximum atomic E-state index is 12.1. The van der Waals surface area contributed by atoms with Gasteiger partial charge >= 0.3 is 5.97 Å². The second-order valence-corrected chi connectivity index (χ2v) is 5.04. The van der Waals surface area contributed by atoms with Gasteiger partial charge in [0.2, 0.25) is 5.82 Å². The number of rotatable bonds is 5. The highest BCUT2D eigenvalue weighted by molar-refractivity contribution is 6.01. The van der Waals surface area contributed by atoms with Gasteiger partial charge in [-0.05, 0) is 38.0 Å². The average Bonchev–Trinajstić information content (AvgIpc) is 2.75. The largest absolute Gasteiger partial charge is 0.460 e. The lowest BCUT2D eigenvalue weighted by Crippen LogP contribution is -2.11. The van der Waals surface area contributed by atoms with Gasteiger partial charge < -0.3 is 9.30 Å². The molecule has 5 nitrogen and oxygen atoms in total. The van der Waals surface area contributed by atoms with Gasteiger partial charge in [-0.25, -0.2) is 9.78 Å². The number of esters is 1. The maximum Gasteiger partial charge on any atom is 0.374 e. The van der Waals surface area contributed by atoms with Crippen LogP contribution < -0.4 is 0 Å². The molecule has 0 atom stereocenters. The number of fused-ring (bicyclic) bond motifs is 1. The van der Waals surface area contributed by atoms with Crippen molar-refractivity contribution in [1.29, 1.82) is 0 Å². The second-order valence-electron chi connectivity index (χ2n) is 5.04. The van der Waals surface area contributed by atoms with E-state index in [0.717, 1.165) is 17.5 Å². The summed E-state index contributed by atoms with van der Waals surface area (Å²) in [5.41, 5.74) is 3.05. The maximum absolute atomic E-state index is 12.1. The highest BCUT2D eigenvalue weighted by Crippen LogP contribution is 2.22. The molecule has 1 aromatic heterocycles. The van der Waals surface area contributed by atoms with Crippen LogP contribution in [0.15, 0.2) is 12.1 Å². The van der Waals surface area contributed by atoms with E-state index < -0.39 is 5.97 Å². The van der Waals surface area contributed by atoms with Crippen LogP contribution in [-0.4, -0.2) is 27.9 Å². The van der Waals surface area contributed by atoms with Gasteiger partial charge in [0.1, 0.15) is 0 Å². The zero-order chi connectivity index (χ0) is 15.6. The molecule has 0 saturated carbocycles. The van der Waals surface area contributed by atoms with Gasteiger partial charge in [-0.1, -0.05) is 6.92 Å². The molecule has 0 radical (unpaired) electrons. The van der Waals surface area contributed by atoms with E-state index in [9.17, 15) is 9.59 Å². The molecule has 5 heteroatoms. The molecule has 1 heterocycles. The van der Waals surface area contributed by atoms with E-state index in [1.165, 1.54) is 0 Å². The van der Waals surface area contributed by atoms with Crippen molar-refractivity contribution in [2.75, 3.05) is 6.61 Å². The van der Waals surface area contributed by atoms with Crippen LogP contribution in [0.4, 0.5) is 0 Å². The lowest BCUT2D eigenvalue weighted by molar-refractivity contribution is 0.0508. The number of Topliss-reactive ketones (excluding diaryl/α,β-unsaturated/α-hetero) is 1. The first-order valence-electron chi connectivity index (χ1n) is 7.17. The highest BCUT2D eigenvalue weighted by atomic mass is 16.5. The molecule has 2 aromatic rings. The molecule has 0 aliphatic rings. The van der Waals surface area contributed by atoms with Crippen LogP contribution in [0.3, 0.4) is 0 Å². The van der Waals surface area contributed by atoms with E-state index in [1.54, 1.807) is 24.6 Å². The molecule has 0 fully saturated rings. The number of aryl methyl sites for hydroxylation is 2. The predicted molar refractivity (Wildman–Crippen MR) is 80.6 cm³/mol. The van der Waals surface area contributed by atoms with Gasteiger partial charge in [0.05, 0.1) is 17.6 Å². The summed E-state index contributed by atoms with van der Waals surface area (Å²) in [6.07, 6.45) is 1.33. The minimum atomic E-state index is -0.449. The van der Waals surface area contributed by atoms with E-state index in [4.69, 9.17) is 4.74 Å². The van der Waals surface area contributed by atoms with Gasteiger partial charge in [-0.2, -0.15) is 0 Å². The van der Waals surface area contributed by atoms with E-state index in [2.05, 4.69) is 4.98 Å². The fraction of sp³-hybridized carbons (Fsp3) is 0.438. The molecule has 0 aliphatic heterocycles. The van der Waals surface area contributed by atoms with Gasteiger partial charge in [-0.15, -0.1) is 0 Å². The minimum absolute atomic E-state index is 0.111. The summed E-state index contributed by atoms with van der Waals surface area (Å²) in [5, 5.41) is 0. The standard InChI is InChI=1S/C16H20N2O3/c1-5-7-14(19)11-9-12-13(8-10(11)3)18(4)15(17-12)16(20)21-6-2/h8-9H,5-7H2,1-4H3. The van der Waals surface area contributed by atoms with E-state index in [-0.39, 0.29) is 11.6 Å². The third-order valence-electron chi connectivity index (χ3n) is 3.46. The van der Waals surface area contributed by atoms with Gasteiger partial charge in [-0.3, -0.25) is 4.79 Å². The third kappa shape index (κ3) is 2.82. The Bertz CT molecular complexity index is 685. The zero-order valence-corrected chi connectivity index (χ0v) is 12.9. The molecule has 0 bridgehead atoms. The van der Waals surface area contributed by atoms with Crippen molar-refractivity contribution < 1.29 is 14.3 Å². The van der Waals surface area contributed by atoms with Crippen LogP contribution in [-0.2, 0) is 11.8 Å².